The van der Waals surface area contributed by atoms with Crippen LogP contribution in [0.4, 0.5) is 0 Å². The maximum atomic E-state index is 5.87. The Bertz CT molecular complexity index is 117. The molecule has 1 atom stereocenters. The van der Waals surface area contributed by atoms with E-state index in [4.69, 9.17) is 10.5 Å². The Labute approximate surface area is 75.5 Å². The van der Waals surface area contributed by atoms with Crippen molar-refractivity contribution in [3.05, 3.63) is 0 Å². The highest BCUT2D eigenvalue weighted by Gasteiger charge is 2.17. The summed E-state index contributed by atoms with van der Waals surface area (Å²) in [4.78, 5) is 0. The molecule has 0 aromatic carbocycles. The molecule has 1 saturated carbocycles. The minimum Gasteiger partial charge on any atom is -0.377 e. The first kappa shape index (κ1) is 10.0. The normalized spacial score (nSPS) is 22.0. The van der Waals surface area contributed by atoms with Crippen molar-refractivity contribution in [3.63, 3.8) is 0 Å². The van der Waals surface area contributed by atoms with Crippen LogP contribution in [0.15, 0.2) is 0 Å². The third-order valence-electron chi connectivity index (χ3n) is 2.68. The number of hydrogen-bond donors (Lipinski definition) is 1. The SMILES string of the molecule is CC(C)C(N)COC1CCCC1. The van der Waals surface area contributed by atoms with Crippen LogP contribution in [0.2, 0.25) is 0 Å². The summed E-state index contributed by atoms with van der Waals surface area (Å²) < 4.78 is 5.70. The molecule has 1 aliphatic rings. The average molecular weight is 171 g/mol. The summed E-state index contributed by atoms with van der Waals surface area (Å²) in [7, 11) is 0. The Morgan fingerprint density at radius 2 is 1.92 bits per heavy atom. The zero-order chi connectivity index (χ0) is 8.97. The molecule has 0 amide bonds. The molecule has 1 rings (SSSR count). The minimum absolute atomic E-state index is 0.214. The number of rotatable bonds is 4. The van der Waals surface area contributed by atoms with Crippen LogP contribution >= 0.6 is 0 Å². The Morgan fingerprint density at radius 1 is 1.33 bits per heavy atom. The second-order valence-corrected chi connectivity index (χ2v) is 4.15. The van der Waals surface area contributed by atoms with E-state index >= 15 is 0 Å². The lowest BCUT2D eigenvalue weighted by Crippen LogP contribution is -2.33. The van der Waals surface area contributed by atoms with Gasteiger partial charge in [-0.3, -0.25) is 0 Å². The number of nitrogens with two attached hydrogens (primary N) is 1. The van der Waals surface area contributed by atoms with E-state index in [-0.39, 0.29) is 6.04 Å². The van der Waals surface area contributed by atoms with Crippen LogP contribution in [0, 0.1) is 5.92 Å². The van der Waals surface area contributed by atoms with Crippen LogP contribution in [-0.4, -0.2) is 18.8 Å². The molecule has 0 aromatic rings. The van der Waals surface area contributed by atoms with Crippen molar-refractivity contribution >= 4 is 0 Å². The van der Waals surface area contributed by atoms with Gasteiger partial charge >= 0.3 is 0 Å². The monoisotopic (exact) mass is 171 g/mol. The van der Waals surface area contributed by atoms with E-state index in [0.717, 1.165) is 6.61 Å². The summed E-state index contributed by atoms with van der Waals surface area (Å²) in [5.74, 6) is 0.534. The van der Waals surface area contributed by atoms with Gasteiger partial charge in [-0.2, -0.15) is 0 Å². The predicted octanol–water partition coefficient (Wildman–Crippen LogP) is 1.93. The lowest BCUT2D eigenvalue weighted by molar-refractivity contribution is 0.0421. The fraction of sp³-hybridized carbons (Fsp3) is 1.00. The molecule has 2 nitrogen and oxygen atoms in total. The maximum Gasteiger partial charge on any atom is 0.0623 e. The highest BCUT2D eigenvalue weighted by Crippen LogP contribution is 2.21. The molecule has 0 aromatic heterocycles. The molecule has 0 saturated heterocycles. The zero-order valence-corrected chi connectivity index (χ0v) is 8.25. The average Bonchev–Trinajstić information content (AvgIpc) is 2.51. The van der Waals surface area contributed by atoms with E-state index < -0.39 is 0 Å². The number of hydrogen-bond acceptors (Lipinski definition) is 2. The van der Waals surface area contributed by atoms with Gasteiger partial charge in [-0.15, -0.1) is 0 Å². The summed E-state index contributed by atoms with van der Waals surface area (Å²) in [6, 6.07) is 0.214. The zero-order valence-electron chi connectivity index (χ0n) is 8.25. The van der Waals surface area contributed by atoms with Gasteiger partial charge < -0.3 is 10.5 Å². The fourth-order valence-corrected chi connectivity index (χ4v) is 1.49. The van der Waals surface area contributed by atoms with Crippen LogP contribution in [0.5, 0.6) is 0 Å². The second kappa shape index (κ2) is 4.83. The van der Waals surface area contributed by atoms with Gasteiger partial charge in [0.25, 0.3) is 0 Å². The van der Waals surface area contributed by atoms with Crippen LogP contribution in [0.3, 0.4) is 0 Å². The molecule has 12 heavy (non-hydrogen) atoms. The Kier molecular flexibility index (Phi) is 4.02. The van der Waals surface area contributed by atoms with Crippen molar-refractivity contribution in [2.45, 2.75) is 51.7 Å². The van der Waals surface area contributed by atoms with Crippen molar-refractivity contribution in [2.75, 3.05) is 6.61 Å². The molecule has 0 bridgehead atoms. The fourth-order valence-electron chi connectivity index (χ4n) is 1.49. The van der Waals surface area contributed by atoms with Gasteiger partial charge in [-0.05, 0) is 18.8 Å². The molecule has 1 fully saturated rings. The van der Waals surface area contributed by atoms with Crippen molar-refractivity contribution in [3.8, 4) is 0 Å². The van der Waals surface area contributed by atoms with Crippen molar-refractivity contribution < 1.29 is 4.74 Å². The standard InChI is InChI=1S/C10H21NO/c1-8(2)10(11)7-12-9-5-3-4-6-9/h8-10H,3-7,11H2,1-2H3. The molecular weight excluding hydrogens is 150 g/mol. The topological polar surface area (TPSA) is 35.2 Å². The second-order valence-electron chi connectivity index (χ2n) is 4.15. The molecule has 0 aliphatic heterocycles. The van der Waals surface area contributed by atoms with Crippen LogP contribution in [0.1, 0.15) is 39.5 Å². The highest BCUT2D eigenvalue weighted by atomic mass is 16.5. The Hall–Kier alpha value is -0.0800. The van der Waals surface area contributed by atoms with Gasteiger partial charge in [0.15, 0.2) is 0 Å². The predicted molar refractivity (Wildman–Crippen MR) is 51.0 cm³/mol. The summed E-state index contributed by atoms with van der Waals surface area (Å²) in [5.41, 5.74) is 5.87. The third-order valence-corrected chi connectivity index (χ3v) is 2.68. The lowest BCUT2D eigenvalue weighted by Gasteiger charge is -2.18. The number of ether oxygens (including phenoxy) is 1. The van der Waals surface area contributed by atoms with Crippen LogP contribution in [-0.2, 0) is 4.74 Å². The van der Waals surface area contributed by atoms with Gasteiger partial charge in [0.2, 0.25) is 0 Å². The van der Waals surface area contributed by atoms with E-state index in [2.05, 4.69) is 13.8 Å². The Balaban J connectivity index is 2.07. The van der Waals surface area contributed by atoms with E-state index in [1.54, 1.807) is 0 Å². The first-order valence-corrected chi connectivity index (χ1v) is 5.07. The summed E-state index contributed by atoms with van der Waals surface area (Å²) in [5, 5.41) is 0. The van der Waals surface area contributed by atoms with Gasteiger partial charge in [-0.25, -0.2) is 0 Å². The molecule has 2 N–H and O–H groups in total. The molecule has 72 valence electrons. The summed E-state index contributed by atoms with van der Waals surface area (Å²) in [6.45, 7) is 5.02. The van der Waals surface area contributed by atoms with Crippen LogP contribution in [0.25, 0.3) is 0 Å². The minimum atomic E-state index is 0.214. The molecule has 0 heterocycles. The van der Waals surface area contributed by atoms with E-state index in [0.29, 0.717) is 12.0 Å². The molecule has 0 radical (unpaired) electrons. The van der Waals surface area contributed by atoms with Crippen molar-refractivity contribution in [2.24, 2.45) is 11.7 Å². The van der Waals surface area contributed by atoms with Gasteiger partial charge in [-0.1, -0.05) is 26.7 Å². The molecular formula is C10H21NO. The first-order valence-electron chi connectivity index (χ1n) is 5.07. The van der Waals surface area contributed by atoms with Crippen molar-refractivity contribution in [1.82, 2.24) is 0 Å². The smallest absolute Gasteiger partial charge is 0.0623 e. The maximum absolute atomic E-state index is 5.87. The van der Waals surface area contributed by atoms with Gasteiger partial charge in [0.05, 0.1) is 12.7 Å². The summed E-state index contributed by atoms with van der Waals surface area (Å²) in [6.07, 6.45) is 5.66. The molecule has 1 unspecified atom stereocenters. The van der Waals surface area contributed by atoms with E-state index in [9.17, 15) is 0 Å². The van der Waals surface area contributed by atoms with Gasteiger partial charge in [0, 0.05) is 6.04 Å². The molecule has 0 spiro atoms. The third kappa shape index (κ3) is 3.11. The largest absolute Gasteiger partial charge is 0.377 e. The van der Waals surface area contributed by atoms with E-state index in [1.165, 1.54) is 25.7 Å². The highest BCUT2D eigenvalue weighted by molar-refractivity contribution is 4.70. The molecule has 2 heteroatoms. The van der Waals surface area contributed by atoms with Gasteiger partial charge in [0.1, 0.15) is 0 Å². The lowest BCUT2D eigenvalue weighted by atomic mass is 10.1. The first-order chi connectivity index (χ1) is 5.70. The van der Waals surface area contributed by atoms with E-state index in [1.807, 2.05) is 0 Å². The van der Waals surface area contributed by atoms with Crippen LogP contribution < -0.4 is 5.73 Å². The summed E-state index contributed by atoms with van der Waals surface area (Å²) >= 11 is 0. The Morgan fingerprint density at radius 3 is 2.42 bits per heavy atom. The molecule has 1 aliphatic carbocycles. The quantitative estimate of drug-likeness (QED) is 0.701. The van der Waals surface area contributed by atoms with Crippen molar-refractivity contribution in [1.29, 1.82) is 0 Å².